The van der Waals surface area contributed by atoms with Gasteiger partial charge in [-0.2, -0.15) is 0 Å². The van der Waals surface area contributed by atoms with Gasteiger partial charge in [-0.25, -0.2) is 0 Å². The topological polar surface area (TPSA) is 45.1 Å². The van der Waals surface area contributed by atoms with Crippen LogP contribution < -0.4 is 5.32 Å². The Morgan fingerprint density at radius 2 is 2.17 bits per heavy atom. The molecule has 0 fully saturated rings. The number of nitrogens with one attached hydrogen (secondary N) is 1. The second-order valence-corrected chi connectivity index (χ2v) is 5.20. The highest BCUT2D eigenvalue weighted by atomic mass is 79.9. The van der Waals surface area contributed by atoms with Gasteiger partial charge in [0.1, 0.15) is 5.75 Å². The smallest absolute Gasteiger partial charge is 0.133 e. The fourth-order valence-electron chi connectivity index (χ4n) is 1.49. The zero-order valence-corrected chi connectivity index (χ0v) is 12.1. The molecular weight excluding hydrogens is 316 g/mol. The number of benzene rings is 1. The molecule has 0 aliphatic heterocycles. The third-order valence-corrected chi connectivity index (χ3v) is 3.58. The van der Waals surface area contributed by atoms with E-state index < -0.39 is 0 Å². The standard InChI is InChI=1S/C13H12BrClN2O/c1-8-4-11(14)13(5-12(8)15)17-6-9-2-3-10(18)7-16-9/h2-5,7,17-18H,6H2,1H3. The summed E-state index contributed by atoms with van der Waals surface area (Å²) in [6.45, 7) is 2.52. The second-order valence-electron chi connectivity index (χ2n) is 3.94. The van der Waals surface area contributed by atoms with Gasteiger partial charge >= 0.3 is 0 Å². The van der Waals surface area contributed by atoms with Crippen LogP contribution in [0.2, 0.25) is 5.02 Å². The molecule has 1 aromatic heterocycles. The van der Waals surface area contributed by atoms with Gasteiger partial charge in [0, 0.05) is 9.50 Å². The van der Waals surface area contributed by atoms with E-state index in [1.54, 1.807) is 12.1 Å². The van der Waals surface area contributed by atoms with Crippen molar-refractivity contribution < 1.29 is 5.11 Å². The van der Waals surface area contributed by atoms with Crippen LogP contribution in [-0.4, -0.2) is 10.1 Å². The molecule has 0 bridgehead atoms. The van der Waals surface area contributed by atoms with Crippen molar-refractivity contribution in [3.8, 4) is 5.75 Å². The van der Waals surface area contributed by atoms with Crippen LogP contribution in [0.4, 0.5) is 5.69 Å². The first kappa shape index (κ1) is 13.2. The van der Waals surface area contributed by atoms with E-state index in [4.69, 9.17) is 16.7 Å². The van der Waals surface area contributed by atoms with Crippen LogP contribution in [0.25, 0.3) is 0 Å². The van der Waals surface area contributed by atoms with E-state index in [1.807, 2.05) is 19.1 Å². The van der Waals surface area contributed by atoms with Gasteiger partial charge in [0.05, 0.1) is 24.1 Å². The van der Waals surface area contributed by atoms with Crippen molar-refractivity contribution in [2.75, 3.05) is 5.32 Å². The number of nitrogens with zero attached hydrogens (tertiary/aromatic N) is 1. The second kappa shape index (κ2) is 5.59. The number of pyridine rings is 1. The number of aromatic nitrogens is 1. The highest BCUT2D eigenvalue weighted by molar-refractivity contribution is 9.10. The van der Waals surface area contributed by atoms with Crippen LogP contribution in [0.3, 0.4) is 0 Å². The molecule has 0 saturated heterocycles. The Bertz CT molecular complexity index is 558. The van der Waals surface area contributed by atoms with E-state index in [-0.39, 0.29) is 5.75 Å². The monoisotopic (exact) mass is 326 g/mol. The maximum absolute atomic E-state index is 9.15. The quantitative estimate of drug-likeness (QED) is 0.891. The van der Waals surface area contributed by atoms with E-state index in [0.717, 1.165) is 26.4 Å². The van der Waals surface area contributed by atoms with E-state index in [9.17, 15) is 0 Å². The Morgan fingerprint density at radius 1 is 1.39 bits per heavy atom. The Balaban J connectivity index is 2.10. The molecule has 0 amide bonds. The summed E-state index contributed by atoms with van der Waals surface area (Å²) in [6.07, 6.45) is 1.42. The Labute approximate surface area is 119 Å². The minimum Gasteiger partial charge on any atom is -0.506 e. The van der Waals surface area contributed by atoms with Crippen molar-refractivity contribution in [1.82, 2.24) is 4.98 Å². The summed E-state index contributed by atoms with van der Waals surface area (Å²) in [4.78, 5) is 4.10. The SMILES string of the molecule is Cc1cc(Br)c(NCc2ccc(O)cn2)cc1Cl. The maximum Gasteiger partial charge on any atom is 0.133 e. The summed E-state index contributed by atoms with van der Waals surface area (Å²) < 4.78 is 0.961. The summed E-state index contributed by atoms with van der Waals surface area (Å²) >= 11 is 9.56. The average Bonchev–Trinajstić information content (AvgIpc) is 2.34. The first-order valence-electron chi connectivity index (χ1n) is 5.39. The van der Waals surface area contributed by atoms with Gasteiger partial charge in [-0.15, -0.1) is 0 Å². The number of aromatic hydroxyl groups is 1. The Morgan fingerprint density at radius 3 is 2.83 bits per heavy atom. The van der Waals surface area contributed by atoms with E-state index >= 15 is 0 Å². The molecule has 2 rings (SSSR count). The summed E-state index contributed by atoms with van der Waals surface area (Å²) in [5.41, 5.74) is 2.79. The fraction of sp³-hybridized carbons (Fsp3) is 0.154. The van der Waals surface area contributed by atoms with Gasteiger partial charge in [-0.3, -0.25) is 4.98 Å². The number of hydrogen-bond acceptors (Lipinski definition) is 3. The zero-order chi connectivity index (χ0) is 13.1. The van der Waals surface area contributed by atoms with Crippen molar-refractivity contribution >= 4 is 33.2 Å². The van der Waals surface area contributed by atoms with E-state index in [0.29, 0.717) is 6.54 Å². The largest absolute Gasteiger partial charge is 0.506 e. The lowest BCUT2D eigenvalue weighted by atomic mass is 10.2. The molecule has 0 aliphatic rings. The van der Waals surface area contributed by atoms with Crippen molar-refractivity contribution in [2.45, 2.75) is 13.5 Å². The van der Waals surface area contributed by atoms with E-state index in [2.05, 4.69) is 26.2 Å². The van der Waals surface area contributed by atoms with Crippen LogP contribution in [0.15, 0.2) is 34.9 Å². The third kappa shape index (κ3) is 3.15. The Kier molecular flexibility index (Phi) is 4.09. The number of halogens is 2. The van der Waals surface area contributed by atoms with Crippen LogP contribution >= 0.6 is 27.5 Å². The fourth-order valence-corrected chi connectivity index (χ4v) is 2.25. The molecule has 5 heteroatoms. The third-order valence-electron chi connectivity index (χ3n) is 2.52. The molecule has 3 nitrogen and oxygen atoms in total. The maximum atomic E-state index is 9.15. The van der Waals surface area contributed by atoms with Gasteiger partial charge < -0.3 is 10.4 Å². The lowest BCUT2D eigenvalue weighted by molar-refractivity contribution is 0.472. The normalized spacial score (nSPS) is 10.4. The molecule has 0 spiro atoms. The van der Waals surface area contributed by atoms with Gasteiger partial charge in [-0.1, -0.05) is 11.6 Å². The van der Waals surface area contributed by atoms with Crippen molar-refractivity contribution in [1.29, 1.82) is 0 Å². The first-order valence-corrected chi connectivity index (χ1v) is 6.57. The summed E-state index contributed by atoms with van der Waals surface area (Å²) in [6, 6.07) is 7.23. The van der Waals surface area contributed by atoms with Gasteiger partial charge in [0.2, 0.25) is 0 Å². The van der Waals surface area contributed by atoms with Crippen LogP contribution in [0.5, 0.6) is 5.75 Å². The van der Waals surface area contributed by atoms with Gasteiger partial charge in [0.15, 0.2) is 0 Å². The van der Waals surface area contributed by atoms with E-state index in [1.165, 1.54) is 6.20 Å². The number of aryl methyl sites for hydroxylation is 1. The summed E-state index contributed by atoms with van der Waals surface area (Å²) in [5, 5.41) is 13.1. The predicted molar refractivity (Wildman–Crippen MR) is 77.1 cm³/mol. The Hall–Kier alpha value is -1.26. The van der Waals surface area contributed by atoms with Crippen molar-refractivity contribution in [3.05, 3.63) is 51.2 Å². The van der Waals surface area contributed by atoms with Gasteiger partial charge in [-0.05, 0) is 52.7 Å². The van der Waals surface area contributed by atoms with Crippen LogP contribution in [-0.2, 0) is 6.54 Å². The van der Waals surface area contributed by atoms with Crippen molar-refractivity contribution in [2.24, 2.45) is 0 Å². The van der Waals surface area contributed by atoms with Crippen molar-refractivity contribution in [3.63, 3.8) is 0 Å². The average molecular weight is 328 g/mol. The lowest BCUT2D eigenvalue weighted by Crippen LogP contribution is -2.02. The summed E-state index contributed by atoms with van der Waals surface area (Å²) in [5.74, 6) is 0.165. The first-order chi connectivity index (χ1) is 8.56. The highest BCUT2D eigenvalue weighted by Gasteiger charge is 2.04. The number of rotatable bonds is 3. The molecule has 1 heterocycles. The molecule has 0 radical (unpaired) electrons. The minimum absolute atomic E-state index is 0.165. The molecule has 0 unspecified atom stereocenters. The zero-order valence-electron chi connectivity index (χ0n) is 9.74. The molecule has 0 aliphatic carbocycles. The molecule has 2 N–H and O–H groups in total. The number of anilines is 1. The molecule has 94 valence electrons. The molecule has 18 heavy (non-hydrogen) atoms. The molecular formula is C13H12BrClN2O. The highest BCUT2D eigenvalue weighted by Crippen LogP contribution is 2.29. The lowest BCUT2D eigenvalue weighted by Gasteiger charge is -2.10. The molecule has 0 atom stereocenters. The van der Waals surface area contributed by atoms with Gasteiger partial charge in [0.25, 0.3) is 0 Å². The molecule has 1 aromatic carbocycles. The molecule has 0 saturated carbocycles. The number of hydrogen-bond donors (Lipinski definition) is 2. The van der Waals surface area contributed by atoms with Crippen LogP contribution in [0, 0.1) is 6.92 Å². The van der Waals surface area contributed by atoms with Crippen LogP contribution in [0.1, 0.15) is 11.3 Å². The molecule has 2 aromatic rings. The minimum atomic E-state index is 0.165. The summed E-state index contributed by atoms with van der Waals surface area (Å²) in [7, 11) is 0. The predicted octanol–water partition coefficient (Wildman–Crippen LogP) is 4.12.